The standard InChI is InChI=1S/C20H21FN4O/c1-13-6-3-7-14(12-13)25-11-5-9-16(19(25)26)22-20-23-18-15(21)8-4-10-17(18)24(20)2/h3-4,6-8,10,12,16H,5,9,11H2,1-2H3,(H,22,23). The fraction of sp³-hybridized carbons (Fsp3) is 0.300. The third-order valence-electron chi connectivity index (χ3n) is 4.92. The minimum absolute atomic E-state index is 0.0226. The van der Waals surface area contributed by atoms with Gasteiger partial charge >= 0.3 is 0 Å². The van der Waals surface area contributed by atoms with Crippen LogP contribution in [0.2, 0.25) is 0 Å². The van der Waals surface area contributed by atoms with Crippen LogP contribution in [0.4, 0.5) is 16.0 Å². The first kappa shape index (κ1) is 16.6. The SMILES string of the molecule is Cc1cccc(N2CCCC(Nc3nc4c(F)cccc4n3C)C2=O)c1. The third kappa shape index (κ3) is 2.81. The van der Waals surface area contributed by atoms with Crippen LogP contribution in [0.5, 0.6) is 0 Å². The molecule has 2 heterocycles. The highest BCUT2D eigenvalue weighted by Crippen LogP contribution is 2.26. The topological polar surface area (TPSA) is 50.2 Å². The number of aryl methyl sites for hydroxylation is 2. The molecule has 1 aromatic heterocycles. The van der Waals surface area contributed by atoms with E-state index in [0.29, 0.717) is 23.5 Å². The third-order valence-corrected chi connectivity index (χ3v) is 4.92. The first-order valence-electron chi connectivity index (χ1n) is 8.80. The van der Waals surface area contributed by atoms with Crippen molar-refractivity contribution in [2.24, 2.45) is 7.05 Å². The summed E-state index contributed by atoms with van der Waals surface area (Å²) >= 11 is 0. The molecule has 1 aliphatic heterocycles. The van der Waals surface area contributed by atoms with Crippen LogP contribution in [0.1, 0.15) is 18.4 Å². The normalized spacial score (nSPS) is 17.7. The molecule has 26 heavy (non-hydrogen) atoms. The average molecular weight is 352 g/mol. The Kier molecular flexibility index (Phi) is 4.11. The van der Waals surface area contributed by atoms with E-state index >= 15 is 0 Å². The lowest BCUT2D eigenvalue weighted by Gasteiger charge is -2.33. The molecule has 0 spiro atoms. The average Bonchev–Trinajstić information content (AvgIpc) is 2.94. The number of amides is 1. The summed E-state index contributed by atoms with van der Waals surface area (Å²) in [6, 6.07) is 12.5. The molecule has 1 atom stereocenters. The van der Waals surface area contributed by atoms with Gasteiger partial charge in [0.2, 0.25) is 11.9 Å². The molecule has 1 unspecified atom stereocenters. The number of para-hydroxylation sites is 1. The predicted molar refractivity (Wildman–Crippen MR) is 101 cm³/mol. The highest BCUT2D eigenvalue weighted by Gasteiger charge is 2.30. The number of imidazole rings is 1. The zero-order valence-electron chi connectivity index (χ0n) is 14.9. The van der Waals surface area contributed by atoms with Gasteiger partial charge in [-0.3, -0.25) is 4.79 Å². The van der Waals surface area contributed by atoms with Gasteiger partial charge in [-0.05, 0) is 49.6 Å². The minimum atomic E-state index is -0.372. The molecule has 0 aliphatic carbocycles. The number of nitrogens with one attached hydrogen (secondary N) is 1. The molecule has 1 fully saturated rings. The number of hydrogen-bond acceptors (Lipinski definition) is 3. The fourth-order valence-corrected chi connectivity index (χ4v) is 3.53. The highest BCUT2D eigenvalue weighted by atomic mass is 19.1. The van der Waals surface area contributed by atoms with Crippen molar-refractivity contribution < 1.29 is 9.18 Å². The number of nitrogens with zero attached hydrogens (tertiary/aromatic N) is 3. The van der Waals surface area contributed by atoms with Gasteiger partial charge in [0.25, 0.3) is 0 Å². The van der Waals surface area contributed by atoms with Crippen molar-refractivity contribution in [1.82, 2.24) is 9.55 Å². The van der Waals surface area contributed by atoms with E-state index in [1.165, 1.54) is 6.07 Å². The number of hydrogen-bond donors (Lipinski definition) is 1. The molecule has 6 heteroatoms. The van der Waals surface area contributed by atoms with Gasteiger partial charge < -0.3 is 14.8 Å². The molecule has 1 aliphatic rings. The number of piperidine rings is 1. The molecule has 134 valence electrons. The lowest BCUT2D eigenvalue weighted by molar-refractivity contribution is -0.120. The molecule has 1 N–H and O–H groups in total. The Bertz CT molecular complexity index is 981. The van der Waals surface area contributed by atoms with E-state index in [9.17, 15) is 9.18 Å². The van der Waals surface area contributed by atoms with Crippen LogP contribution in [0.25, 0.3) is 11.0 Å². The first-order chi connectivity index (χ1) is 12.5. The molecular weight excluding hydrogens is 331 g/mol. The Morgan fingerprint density at radius 1 is 1.23 bits per heavy atom. The van der Waals surface area contributed by atoms with Crippen LogP contribution in [0.3, 0.4) is 0 Å². The van der Waals surface area contributed by atoms with Crippen molar-refractivity contribution >= 4 is 28.6 Å². The summed E-state index contributed by atoms with van der Waals surface area (Å²) in [5.74, 6) is 0.173. The highest BCUT2D eigenvalue weighted by molar-refractivity contribution is 5.99. The van der Waals surface area contributed by atoms with Gasteiger partial charge in [0.1, 0.15) is 11.6 Å². The van der Waals surface area contributed by atoms with Crippen molar-refractivity contribution in [1.29, 1.82) is 0 Å². The minimum Gasteiger partial charge on any atom is -0.344 e. The fourth-order valence-electron chi connectivity index (χ4n) is 3.53. The molecule has 0 bridgehead atoms. The van der Waals surface area contributed by atoms with Gasteiger partial charge in [0.15, 0.2) is 5.82 Å². The number of carbonyl (C=O) groups is 1. The Hall–Kier alpha value is -2.89. The molecule has 4 rings (SSSR count). The Morgan fingerprint density at radius 2 is 2.04 bits per heavy atom. The zero-order chi connectivity index (χ0) is 18.3. The van der Waals surface area contributed by atoms with Crippen molar-refractivity contribution in [2.75, 3.05) is 16.8 Å². The van der Waals surface area contributed by atoms with E-state index in [4.69, 9.17) is 0 Å². The van der Waals surface area contributed by atoms with Crippen molar-refractivity contribution in [2.45, 2.75) is 25.8 Å². The number of halogens is 1. The molecule has 1 saturated heterocycles. The van der Waals surface area contributed by atoms with E-state index in [1.807, 2.05) is 49.2 Å². The Balaban J connectivity index is 1.61. The lowest BCUT2D eigenvalue weighted by atomic mass is 10.0. The summed E-state index contributed by atoms with van der Waals surface area (Å²) in [6.45, 7) is 2.72. The van der Waals surface area contributed by atoms with Crippen LogP contribution >= 0.6 is 0 Å². The van der Waals surface area contributed by atoms with Crippen molar-refractivity contribution in [3.05, 3.63) is 53.8 Å². The van der Waals surface area contributed by atoms with Gasteiger partial charge in [0.05, 0.1) is 5.52 Å². The monoisotopic (exact) mass is 352 g/mol. The summed E-state index contributed by atoms with van der Waals surface area (Å²) in [5, 5.41) is 3.22. The second-order valence-corrected chi connectivity index (χ2v) is 6.77. The van der Waals surface area contributed by atoms with Crippen molar-refractivity contribution in [3.8, 4) is 0 Å². The van der Waals surface area contributed by atoms with E-state index < -0.39 is 0 Å². The Morgan fingerprint density at radius 3 is 2.81 bits per heavy atom. The smallest absolute Gasteiger partial charge is 0.249 e. The maximum atomic E-state index is 14.0. The van der Waals surface area contributed by atoms with E-state index in [0.717, 1.165) is 24.1 Å². The molecular formula is C20H21FN4O. The number of carbonyl (C=O) groups excluding carboxylic acids is 1. The molecule has 0 radical (unpaired) electrons. The van der Waals surface area contributed by atoms with Crippen molar-refractivity contribution in [3.63, 3.8) is 0 Å². The number of aromatic nitrogens is 2. The van der Waals surface area contributed by atoms with E-state index in [-0.39, 0.29) is 17.8 Å². The van der Waals surface area contributed by atoms with Crippen LogP contribution in [0, 0.1) is 12.7 Å². The van der Waals surface area contributed by atoms with Gasteiger partial charge in [-0.25, -0.2) is 9.37 Å². The summed E-state index contributed by atoms with van der Waals surface area (Å²) in [4.78, 5) is 19.2. The second kappa shape index (κ2) is 6.44. The van der Waals surface area contributed by atoms with Crippen LogP contribution in [-0.4, -0.2) is 28.0 Å². The molecule has 1 amide bonds. The molecule has 0 saturated carbocycles. The molecule has 3 aromatic rings. The summed E-state index contributed by atoms with van der Waals surface area (Å²) in [7, 11) is 1.82. The van der Waals surface area contributed by atoms with Gasteiger partial charge in [0, 0.05) is 19.3 Å². The largest absolute Gasteiger partial charge is 0.344 e. The maximum absolute atomic E-state index is 14.0. The zero-order valence-corrected chi connectivity index (χ0v) is 14.9. The van der Waals surface area contributed by atoms with Gasteiger partial charge in [-0.15, -0.1) is 0 Å². The summed E-state index contributed by atoms with van der Waals surface area (Å²) in [5.41, 5.74) is 3.05. The summed E-state index contributed by atoms with van der Waals surface area (Å²) in [6.07, 6.45) is 1.63. The molecule has 2 aromatic carbocycles. The quantitative estimate of drug-likeness (QED) is 0.783. The molecule has 5 nitrogen and oxygen atoms in total. The number of fused-ring (bicyclic) bond motifs is 1. The second-order valence-electron chi connectivity index (χ2n) is 6.77. The predicted octanol–water partition coefficient (Wildman–Crippen LogP) is 3.63. The van der Waals surface area contributed by atoms with Crippen LogP contribution in [-0.2, 0) is 11.8 Å². The summed E-state index contributed by atoms with van der Waals surface area (Å²) < 4.78 is 15.8. The van der Waals surface area contributed by atoms with E-state index in [1.54, 1.807) is 10.6 Å². The van der Waals surface area contributed by atoms with Gasteiger partial charge in [-0.1, -0.05) is 18.2 Å². The van der Waals surface area contributed by atoms with Gasteiger partial charge in [-0.2, -0.15) is 0 Å². The number of rotatable bonds is 3. The maximum Gasteiger partial charge on any atom is 0.249 e. The number of anilines is 2. The Labute approximate surface area is 151 Å². The first-order valence-corrected chi connectivity index (χ1v) is 8.80. The lowest BCUT2D eigenvalue weighted by Crippen LogP contribution is -2.48. The van der Waals surface area contributed by atoms with Crippen LogP contribution < -0.4 is 10.2 Å². The number of benzene rings is 2. The van der Waals surface area contributed by atoms with Crippen LogP contribution in [0.15, 0.2) is 42.5 Å². The van der Waals surface area contributed by atoms with E-state index in [2.05, 4.69) is 10.3 Å².